The Morgan fingerprint density at radius 1 is 1.12 bits per heavy atom. The number of ether oxygens (including phenoxy) is 1. The molecule has 0 unspecified atom stereocenters. The van der Waals surface area contributed by atoms with Crippen LogP contribution in [0, 0.1) is 0 Å². The van der Waals surface area contributed by atoms with Gasteiger partial charge in [0.1, 0.15) is 0 Å². The van der Waals surface area contributed by atoms with Gasteiger partial charge in [-0.25, -0.2) is 4.79 Å². The average Bonchev–Trinajstić information content (AvgIpc) is 2.62. The maximum atomic E-state index is 12.0. The van der Waals surface area contributed by atoms with Crippen molar-refractivity contribution < 1.29 is 4.74 Å². The molecule has 17 heavy (non-hydrogen) atoms. The van der Waals surface area contributed by atoms with Crippen LogP contribution in [-0.2, 0) is 21.1 Å². The normalized spacial score (nSPS) is 11.1. The van der Waals surface area contributed by atoms with Crippen LogP contribution in [0.2, 0.25) is 0 Å². The number of nitrogens with zero attached hydrogens (tertiary/aromatic N) is 4. The Balaban J connectivity index is 2.97. The summed E-state index contributed by atoms with van der Waals surface area (Å²) in [5, 5.41) is 0. The summed E-state index contributed by atoms with van der Waals surface area (Å²) in [4.78, 5) is 27.8. The molecule has 0 aliphatic carbocycles. The first-order valence-electron chi connectivity index (χ1n) is 5.24. The van der Waals surface area contributed by atoms with Crippen LogP contribution in [0.3, 0.4) is 0 Å². The molecule has 0 saturated heterocycles. The standard InChI is InChI=1S/C10H14N4O3/c1-5-17-9-11-7-6(12(9)2)8(15)14(4)10(16)13(7)3/h5H2,1-4H3. The highest BCUT2D eigenvalue weighted by Crippen LogP contribution is 2.14. The van der Waals surface area contributed by atoms with Gasteiger partial charge in [0, 0.05) is 21.1 Å². The van der Waals surface area contributed by atoms with E-state index in [1.54, 1.807) is 18.7 Å². The topological polar surface area (TPSA) is 71.1 Å². The molecule has 2 aromatic rings. The molecule has 0 spiro atoms. The minimum atomic E-state index is -0.399. The highest BCUT2D eigenvalue weighted by atomic mass is 16.5. The number of hydrogen-bond donors (Lipinski definition) is 0. The van der Waals surface area contributed by atoms with Crippen LogP contribution in [0.15, 0.2) is 9.59 Å². The van der Waals surface area contributed by atoms with Gasteiger partial charge in [-0.2, -0.15) is 4.98 Å². The molecule has 0 aliphatic heterocycles. The summed E-state index contributed by atoms with van der Waals surface area (Å²) in [7, 11) is 4.70. The molecule has 0 aliphatic rings. The van der Waals surface area contributed by atoms with Crippen molar-refractivity contribution in [3.8, 4) is 6.01 Å². The quantitative estimate of drug-likeness (QED) is 0.698. The smallest absolute Gasteiger partial charge is 0.332 e. The first-order valence-corrected chi connectivity index (χ1v) is 5.24. The molecule has 2 aromatic heterocycles. The Labute approximate surface area is 96.9 Å². The van der Waals surface area contributed by atoms with Gasteiger partial charge in [-0.15, -0.1) is 0 Å². The monoisotopic (exact) mass is 238 g/mol. The number of rotatable bonds is 2. The fraction of sp³-hybridized carbons (Fsp3) is 0.500. The van der Waals surface area contributed by atoms with Crippen LogP contribution < -0.4 is 16.0 Å². The molecule has 7 heteroatoms. The van der Waals surface area contributed by atoms with Crippen LogP contribution in [0.25, 0.3) is 11.2 Å². The van der Waals surface area contributed by atoms with E-state index in [1.807, 2.05) is 6.92 Å². The third-order valence-electron chi connectivity index (χ3n) is 2.71. The fourth-order valence-electron chi connectivity index (χ4n) is 1.76. The lowest BCUT2D eigenvalue weighted by Gasteiger charge is -2.03. The van der Waals surface area contributed by atoms with E-state index in [0.29, 0.717) is 23.8 Å². The molecular formula is C10H14N4O3. The lowest BCUT2D eigenvalue weighted by molar-refractivity contribution is 0.304. The van der Waals surface area contributed by atoms with Crippen molar-refractivity contribution in [1.29, 1.82) is 0 Å². The summed E-state index contributed by atoms with van der Waals surface area (Å²) in [5.74, 6) is 0. The van der Waals surface area contributed by atoms with Crippen molar-refractivity contribution in [3.63, 3.8) is 0 Å². The van der Waals surface area contributed by atoms with E-state index in [1.165, 1.54) is 11.6 Å². The minimum absolute atomic E-state index is 0.334. The van der Waals surface area contributed by atoms with Crippen molar-refractivity contribution >= 4 is 11.2 Å². The van der Waals surface area contributed by atoms with Crippen molar-refractivity contribution in [2.24, 2.45) is 21.1 Å². The highest BCUT2D eigenvalue weighted by molar-refractivity contribution is 5.71. The van der Waals surface area contributed by atoms with Gasteiger partial charge < -0.3 is 4.74 Å². The first-order chi connectivity index (χ1) is 7.99. The molecule has 0 amide bonds. The van der Waals surface area contributed by atoms with Gasteiger partial charge in [0.2, 0.25) is 0 Å². The number of aromatic nitrogens is 4. The van der Waals surface area contributed by atoms with Gasteiger partial charge in [0.25, 0.3) is 11.6 Å². The summed E-state index contributed by atoms with van der Waals surface area (Å²) >= 11 is 0. The summed E-state index contributed by atoms with van der Waals surface area (Å²) in [6, 6.07) is 0.334. The fourth-order valence-corrected chi connectivity index (χ4v) is 1.76. The molecule has 92 valence electrons. The maximum Gasteiger partial charge on any atom is 0.332 e. The molecule has 0 radical (unpaired) electrons. The highest BCUT2D eigenvalue weighted by Gasteiger charge is 2.17. The Hall–Kier alpha value is -2.05. The van der Waals surface area contributed by atoms with Gasteiger partial charge in [-0.05, 0) is 6.92 Å². The molecule has 0 N–H and O–H groups in total. The van der Waals surface area contributed by atoms with Crippen molar-refractivity contribution in [1.82, 2.24) is 18.7 Å². The van der Waals surface area contributed by atoms with E-state index in [-0.39, 0.29) is 5.56 Å². The van der Waals surface area contributed by atoms with E-state index in [9.17, 15) is 9.59 Å². The summed E-state index contributed by atoms with van der Waals surface area (Å²) in [5.41, 5.74) is -0.0743. The van der Waals surface area contributed by atoms with Crippen molar-refractivity contribution in [2.45, 2.75) is 6.92 Å². The van der Waals surface area contributed by atoms with Crippen LogP contribution in [0.1, 0.15) is 6.92 Å². The lowest BCUT2D eigenvalue weighted by Crippen LogP contribution is -2.37. The summed E-state index contributed by atoms with van der Waals surface area (Å²) in [6.45, 7) is 2.28. The molecule has 0 fully saturated rings. The second kappa shape index (κ2) is 3.76. The lowest BCUT2D eigenvalue weighted by atomic mass is 10.5. The van der Waals surface area contributed by atoms with Gasteiger partial charge in [-0.1, -0.05) is 0 Å². The Bertz CT molecular complexity index is 692. The second-order valence-electron chi connectivity index (χ2n) is 3.76. The van der Waals surface area contributed by atoms with Crippen LogP contribution in [-0.4, -0.2) is 25.3 Å². The molecule has 0 saturated carbocycles. The molecule has 0 aromatic carbocycles. The molecule has 0 bridgehead atoms. The Morgan fingerprint density at radius 3 is 2.35 bits per heavy atom. The molecule has 0 atom stereocenters. The van der Waals surface area contributed by atoms with Crippen molar-refractivity contribution in [2.75, 3.05) is 6.61 Å². The van der Waals surface area contributed by atoms with Gasteiger partial charge >= 0.3 is 5.69 Å². The van der Waals surface area contributed by atoms with Crippen LogP contribution >= 0.6 is 0 Å². The van der Waals surface area contributed by atoms with E-state index in [2.05, 4.69) is 4.98 Å². The van der Waals surface area contributed by atoms with Gasteiger partial charge in [0.05, 0.1) is 6.61 Å². The SMILES string of the molecule is CCOc1nc2c(c(=O)n(C)c(=O)n2C)n1C. The van der Waals surface area contributed by atoms with Crippen LogP contribution in [0.4, 0.5) is 0 Å². The summed E-state index contributed by atoms with van der Waals surface area (Å²) < 4.78 is 9.24. The van der Waals surface area contributed by atoms with E-state index in [4.69, 9.17) is 4.74 Å². The molecule has 7 nitrogen and oxygen atoms in total. The Kier molecular flexibility index (Phi) is 2.53. The van der Waals surface area contributed by atoms with Gasteiger partial charge in [0.15, 0.2) is 11.2 Å². The first kappa shape index (κ1) is 11.4. The third-order valence-corrected chi connectivity index (χ3v) is 2.71. The summed E-state index contributed by atoms with van der Waals surface area (Å²) in [6.07, 6.45) is 0. The number of aryl methyl sites for hydroxylation is 2. The average molecular weight is 238 g/mol. The second-order valence-corrected chi connectivity index (χ2v) is 3.76. The van der Waals surface area contributed by atoms with E-state index >= 15 is 0 Å². The number of fused-ring (bicyclic) bond motifs is 1. The Morgan fingerprint density at radius 2 is 1.76 bits per heavy atom. The third kappa shape index (κ3) is 1.46. The number of hydrogen-bond acceptors (Lipinski definition) is 4. The zero-order valence-corrected chi connectivity index (χ0v) is 10.2. The van der Waals surface area contributed by atoms with Crippen LogP contribution in [0.5, 0.6) is 6.01 Å². The zero-order valence-electron chi connectivity index (χ0n) is 10.2. The largest absolute Gasteiger partial charge is 0.465 e. The zero-order chi connectivity index (χ0) is 12.7. The maximum absolute atomic E-state index is 12.0. The van der Waals surface area contributed by atoms with E-state index < -0.39 is 5.69 Å². The minimum Gasteiger partial charge on any atom is -0.465 e. The predicted octanol–water partition coefficient (Wildman–Crippen LogP) is -0.631. The van der Waals surface area contributed by atoms with E-state index in [0.717, 1.165) is 4.57 Å². The number of imidazole rings is 1. The predicted molar refractivity (Wildman–Crippen MR) is 62.4 cm³/mol. The van der Waals surface area contributed by atoms with Gasteiger partial charge in [-0.3, -0.25) is 18.5 Å². The molecule has 2 rings (SSSR count). The molecule has 2 heterocycles. The van der Waals surface area contributed by atoms with Crippen molar-refractivity contribution in [3.05, 3.63) is 20.8 Å². The molecular weight excluding hydrogens is 224 g/mol.